The average Bonchev–Trinajstić information content (AvgIpc) is 3.21. The number of esters is 1. The molecule has 8 nitrogen and oxygen atoms in total. The number of nitrogens with one attached hydrogen (secondary N) is 1. The molecule has 0 radical (unpaired) electrons. The number of aromatic nitrogens is 2. The molecule has 1 unspecified atom stereocenters. The first-order valence-electron chi connectivity index (χ1n) is 9.10. The lowest BCUT2D eigenvalue weighted by molar-refractivity contribution is -0.144. The molecular weight excluding hydrogens is 394 g/mol. The number of hydrogen-bond acceptors (Lipinski definition) is 7. The standard InChI is InChI=1S/C20H25N3O5S/c1-15(2)21-12-17(28-20(26)9-8-19(24)25)13-27-16-4-6-18(7-5-16)29-14-23-11-3-10-22-23/h3-11,15,17,21H,12-14H2,1-2H3,(H,24,25)/b9-8-. The van der Waals surface area contributed by atoms with Crippen molar-refractivity contribution in [2.75, 3.05) is 13.2 Å². The second kappa shape index (κ2) is 11.9. The lowest BCUT2D eigenvalue weighted by Crippen LogP contribution is -2.38. The van der Waals surface area contributed by atoms with Crippen LogP contribution < -0.4 is 10.1 Å². The molecule has 0 fully saturated rings. The predicted molar refractivity (Wildman–Crippen MR) is 110 cm³/mol. The summed E-state index contributed by atoms with van der Waals surface area (Å²) in [6.07, 6.45) is 4.72. The van der Waals surface area contributed by atoms with E-state index in [-0.39, 0.29) is 12.6 Å². The average molecular weight is 420 g/mol. The summed E-state index contributed by atoms with van der Waals surface area (Å²) in [4.78, 5) is 23.4. The third-order valence-corrected chi connectivity index (χ3v) is 4.58. The van der Waals surface area contributed by atoms with Crippen molar-refractivity contribution in [3.63, 3.8) is 0 Å². The van der Waals surface area contributed by atoms with Gasteiger partial charge in [0.2, 0.25) is 0 Å². The van der Waals surface area contributed by atoms with Gasteiger partial charge in [-0.1, -0.05) is 13.8 Å². The third kappa shape index (κ3) is 9.31. The quantitative estimate of drug-likeness (QED) is 0.307. The highest BCUT2D eigenvalue weighted by Crippen LogP contribution is 2.22. The van der Waals surface area contributed by atoms with Gasteiger partial charge >= 0.3 is 11.9 Å². The molecule has 2 N–H and O–H groups in total. The van der Waals surface area contributed by atoms with Crippen LogP contribution in [0.4, 0.5) is 0 Å². The Bertz CT molecular complexity index is 791. The monoisotopic (exact) mass is 419 g/mol. The van der Waals surface area contributed by atoms with Crippen LogP contribution in [-0.4, -0.2) is 52.1 Å². The van der Waals surface area contributed by atoms with Gasteiger partial charge in [-0.25, -0.2) is 9.59 Å². The van der Waals surface area contributed by atoms with E-state index in [9.17, 15) is 9.59 Å². The van der Waals surface area contributed by atoms with Crippen LogP contribution in [0.1, 0.15) is 13.8 Å². The van der Waals surface area contributed by atoms with Crippen molar-refractivity contribution in [2.24, 2.45) is 0 Å². The zero-order valence-electron chi connectivity index (χ0n) is 16.4. The molecule has 1 heterocycles. The predicted octanol–water partition coefficient (Wildman–Crippen LogP) is 2.56. The number of carbonyl (C=O) groups excluding carboxylic acids is 1. The fourth-order valence-electron chi connectivity index (χ4n) is 2.18. The lowest BCUT2D eigenvalue weighted by atomic mass is 10.3. The molecule has 1 atom stereocenters. The van der Waals surface area contributed by atoms with Crippen LogP contribution in [0.2, 0.25) is 0 Å². The number of thioether (sulfide) groups is 1. The van der Waals surface area contributed by atoms with E-state index in [0.717, 1.165) is 22.9 Å². The van der Waals surface area contributed by atoms with Gasteiger partial charge < -0.3 is 19.9 Å². The Morgan fingerprint density at radius 1 is 1.28 bits per heavy atom. The SMILES string of the molecule is CC(C)NCC(COc1ccc(SCn2cccn2)cc1)OC(=O)/C=C\C(=O)O. The molecule has 2 aromatic rings. The molecule has 0 bridgehead atoms. The van der Waals surface area contributed by atoms with Crippen LogP contribution in [0.5, 0.6) is 5.75 Å². The van der Waals surface area contributed by atoms with E-state index in [1.54, 1.807) is 18.0 Å². The van der Waals surface area contributed by atoms with Crippen LogP contribution in [-0.2, 0) is 20.2 Å². The smallest absolute Gasteiger partial charge is 0.331 e. The first kappa shape index (κ1) is 22.5. The molecule has 2 rings (SSSR count). The topological polar surface area (TPSA) is 103 Å². The molecule has 1 aromatic heterocycles. The van der Waals surface area contributed by atoms with E-state index in [2.05, 4.69) is 10.4 Å². The van der Waals surface area contributed by atoms with Crippen LogP contribution in [0.15, 0.2) is 59.8 Å². The number of aliphatic carboxylic acids is 1. The van der Waals surface area contributed by atoms with Crippen LogP contribution in [0, 0.1) is 0 Å². The number of carboxylic acids is 1. The normalized spacial score (nSPS) is 12.2. The summed E-state index contributed by atoms with van der Waals surface area (Å²) in [5.74, 6) is -0.562. The van der Waals surface area contributed by atoms with Crippen molar-refractivity contribution in [3.8, 4) is 5.75 Å². The molecule has 29 heavy (non-hydrogen) atoms. The van der Waals surface area contributed by atoms with Gasteiger partial charge in [0.05, 0.1) is 5.88 Å². The van der Waals surface area contributed by atoms with Crippen molar-refractivity contribution < 1.29 is 24.2 Å². The molecule has 0 aliphatic rings. The zero-order chi connectivity index (χ0) is 21.1. The zero-order valence-corrected chi connectivity index (χ0v) is 17.2. The van der Waals surface area contributed by atoms with Crippen molar-refractivity contribution in [2.45, 2.75) is 36.8 Å². The van der Waals surface area contributed by atoms with Crippen molar-refractivity contribution in [3.05, 3.63) is 54.9 Å². The lowest BCUT2D eigenvalue weighted by Gasteiger charge is -2.20. The fraction of sp³-hybridized carbons (Fsp3) is 0.350. The summed E-state index contributed by atoms with van der Waals surface area (Å²) < 4.78 is 12.9. The molecule has 0 aliphatic heterocycles. The van der Waals surface area contributed by atoms with E-state index in [4.69, 9.17) is 14.6 Å². The van der Waals surface area contributed by atoms with Crippen molar-refractivity contribution >= 4 is 23.7 Å². The van der Waals surface area contributed by atoms with E-state index in [1.807, 2.05) is 55.1 Å². The summed E-state index contributed by atoms with van der Waals surface area (Å²) in [7, 11) is 0. The summed E-state index contributed by atoms with van der Waals surface area (Å²) in [6, 6.07) is 9.69. The molecule has 156 valence electrons. The number of benzene rings is 1. The fourth-order valence-corrected chi connectivity index (χ4v) is 2.95. The first-order valence-corrected chi connectivity index (χ1v) is 10.1. The van der Waals surface area contributed by atoms with Gasteiger partial charge in [-0.05, 0) is 30.3 Å². The van der Waals surface area contributed by atoms with Gasteiger partial charge in [0.25, 0.3) is 0 Å². The van der Waals surface area contributed by atoms with Crippen molar-refractivity contribution in [1.82, 2.24) is 15.1 Å². The number of nitrogens with zero attached hydrogens (tertiary/aromatic N) is 2. The Hall–Kier alpha value is -2.78. The second-order valence-electron chi connectivity index (χ2n) is 6.39. The van der Waals surface area contributed by atoms with Crippen molar-refractivity contribution in [1.29, 1.82) is 0 Å². The molecular formula is C20H25N3O5S. The Kier molecular flexibility index (Phi) is 9.26. The van der Waals surface area contributed by atoms with Gasteiger partial charge in [-0.2, -0.15) is 5.10 Å². The molecule has 1 aromatic carbocycles. The van der Waals surface area contributed by atoms with Gasteiger partial charge in [-0.15, -0.1) is 11.8 Å². The highest BCUT2D eigenvalue weighted by molar-refractivity contribution is 7.98. The summed E-state index contributed by atoms with van der Waals surface area (Å²) >= 11 is 1.65. The van der Waals surface area contributed by atoms with E-state index in [0.29, 0.717) is 12.3 Å². The molecule has 0 aliphatic carbocycles. The molecule has 0 saturated carbocycles. The molecule has 9 heteroatoms. The van der Waals surface area contributed by atoms with Gasteiger partial charge in [0.15, 0.2) is 0 Å². The largest absolute Gasteiger partial charge is 0.490 e. The summed E-state index contributed by atoms with van der Waals surface area (Å²) in [6.45, 7) is 4.49. The minimum atomic E-state index is -1.21. The second-order valence-corrected chi connectivity index (χ2v) is 7.41. The molecule has 0 spiro atoms. The highest BCUT2D eigenvalue weighted by atomic mass is 32.2. The minimum absolute atomic E-state index is 0.145. The maximum absolute atomic E-state index is 11.8. The Morgan fingerprint density at radius 2 is 2.03 bits per heavy atom. The highest BCUT2D eigenvalue weighted by Gasteiger charge is 2.15. The number of rotatable bonds is 12. The van der Waals surface area contributed by atoms with E-state index >= 15 is 0 Å². The Balaban J connectivity index is 1.85. The van der Waals surface area contributed by atoms with E-state index < -0.39 is 18.0 Å². The maximum Gasteiger partial charge on any atom is 0.331 e. The number of ether oxygens (including phenoxy) is 2. The van der Waals surface area contributed by atoms with Gasteiger partial charge in [-0.3, -0.25) is 4.68 Å². The third-order valence-electron chi connectivity index (χ3n) is 3.58. The van der Waals surface area contributed by atoms with Gasteiger partial charge in [0, 0.05) is 42.0 Å². The summed E-state index contributed by atoms with van der Waals surface area (Å²) in [5.41, 5.74) is 0. The van der Waals surface area contributed by atoms with Crippen LogP contribution >= 0.6 is 11.8 Å². The number of carboxylic acid groups (broad SMARTS) is 1. The molecule has 0 amide bonds. The molecule has 0 saturated heterocycles. The maximum atomic E-state index is 11.8. The Labute approximate surface area is 173 Å². The minimum Gasteiger partial charge on any atom is -0.490 e. The number of carbonyl (C=O) groups is 2. The van der Waals surface area contributed by atoms with Crippen LogP contribution in [0.25, 0.3) is 0 Å². The van der Waals surface area contributed by atoms with E-state index in [1.165, 1.54) is 0 Å². The number of hydrogen-bond donors (Lipinski definition) is 2. The van der Waals surface area contributed by atoms with Crippen LogP contribution in [0.3, 0.4) is 0 Å². The van der Waals surface area contributed by atoms with Gasteiger partial charge in [0.1, 0.15) is 18.5 Å². The Morgan fingerprint density at radius 3 is 2.66 bits per heavy atom. The first-order chi connectivity index (χ1) is 13.9. The summed E-state index contributed by atoms with van der Waals surface area (Å²) in [5, 5.41) is 15.9.